The van der Waals surface area contributed by atoms with Gasteiger partial charge < -0.3 is 15.2 Å². The monoisotopic (exact) mass is 376 g/mol. The summed E-state index contributed by atoms with van der Waals surface area (Å²) in [6.07, 6.45) is -1.37. The standard InChI is InChI=1S/C18H17ClN2O5/c1-2-20-18(25)21-16(23)15(11-6-4-3-5-7-11)26-17(24)13-9-8-12(19)10-14(13)22/h3-10,15,22H,2H2,1H3,(H2,20,21,23,25)/t15-/m0/s1. The molecule has 1 atom stereocenters. The van der Waals surface area contributed by atoms with E-state index in [9.17, 15) is 19.5 Å². The molecule has 7 nitrogen and oxygen atoms in total. The number of carbonyl (C=O) groups excluding carboxylic acids is 3. The van der Waals surface area contributed by atoms with Crippen molar-refractivity contribution in [1.82, 2.24) is 10.6 Å². The van der Waals surface area contributed by atoms with Crippen LogP contribution in [0.5, 0.6) is 5.75 Å². The molecule has 3 amide bonds. The van der Waals surface area contributed by atoms with Crippen LogP contribution in [0.2, 0.25) is 5.02 Å². The first-order chi connectivity index (χ1) is 12.4. The van der Waals surface area contributed by atoms with Crippen molar-refractivity contribution in [1.29, 1.82) is 0 Å². The number of esters is 1. The Bertz CT molecular complexity index is 810. The minimum atomic E-state index is -1.37. The highest BCUT2D eigenvalue weighted by Gasteiger charge is 2.28. The maximum atomic E-state index is 12.4. The molecule has 136 valence electrons. The SMILES string of the molecule is CCNC(=O)NC(=O)[C@@H](OC(=O)c1ccc(Cl)cc1O)c1ccccc1. The molecule has 0 bridgehead atoms. The van der Waals surface area contributed by atoms with Gasteiger partial charge in [-0.1, -0.05) is 41.9 Å². The van der Waals surface area contributed by atoms with Gasteiger partial charge in [-0.05, 0) is 25.1 Å². The van der Waals surface area contributed by atoms with Crippen molar-refractivity contribution in [2.45, 2.75) is 13.0 Å². The molecule has 0 saturated carbocycles. The Hall–Kier alpha value is -3.06. The number of ether oxygens (including phenoxy) is 1. The average Bonchev–Trinajstić information content (AvgIpc) is 2.60. The Labute approximate surface area is 154 Å². The lowest BCUT2D eigenvalue weighted by atomic mass is 10.1. The smallest absolute Gasteiger partial charge is 0.343 e. The van der Waals surface area contributed by atoms with Gasteiger partial charge in [-0.15, -0.1) is 0 Å². The molecule has 0 aliphatic rings. The molecule has 0 radical (unpaired) electrons. The number of imide groups is 1. The van der Waals surface area contributed by atoms with E-state index in [0.717, 1.165) is 0 Å². The lowest BCUT2D eigenvalue weighted by Gasteiger charge is -2.18. The second kappa shape index (κ2) is 8.87. The number of nitrogens with one attached hydrogen (secondary N) is 2. The maximum absolute atomic E-state index is 12.4. The van der Waals surface area contributed by atoms with Crippen LogP contribution in [0.15, 0.2) is 48.5 Å². The van der Waals surface area contributed by atoms with Crippen molar-refractivity contribution in [2.24, 2.45) is 0 Å². The molecule has 0 heterocycles. The van der Waals surface area contributed by atoms with Gasteiger partial charge in [0.2, 0.25) is 6.10 Å². The predicted octanol–water partition coefficient (Wildman–Crippen LogP) is 2.79. The number of hydrogen-bond donors (Lipinski definition) is 3. The van der Waals surface area contributed by atoms with E-state index in [0.29, 0.717) is 12.1 Å². The topological polar surface area (TPSA) is 105 Å². The fourth-order valence-corrected chi connectivity index (χ4v) is 2.30. The molecule has 3 N–H and O–H groups in total. The number of phenols is 1. The van der Waals surface area contributed by atoms with Crippen LogP contribution >= 0.6 is 11.6 Å². The molecule has 8 heteroatoms. The molecular weight excluding hydrogens is 360 g/mol. The van der Waals surface area contributed by atoms with E-state index in [1.165, 1.54) is 18.2 Å². The molecule has 0 saturated heterocycles. The number of rotatable bonds is 5. The van der Waals surface area contributed by atoms with E-state index >= 15 is 0 Å². The van der Waals surface area contributed by atoms with E-state index in [1.54, 1.807) is 37.3 Å². The van der Waals surface area contributed by atoms with Crippen LogP contribution < -0.4 is 10.6 Å². The van der Waals surface area contributed by atoms with Gasteiger partial charge in [-0.25, -0.2) is 9.59 Å². The minimum absolute atomic E-state index is 0.152. The Morgan fingerprint density at radius 2 is 1.85 bits per heavy atom. The number of hydrogen-bond acceptors (Lipinski definition) is 5. The Morgan fingerprint density at radius 1 is 1.15 bits per heavy atom. The molecule has 2 rings (SSSR count). The van der Waals surface area contributed by atoms with E-state index < -0.39 is 24.0 Å². The highest BCUT2D eigenvalue weighted by molar-refractivity contribution is 6.30. The number of halogens is 1. The van der Waals surface area contributed by atoms with Gasteiger partial charge in [0, 0.05) is 17.1 Å². The third kappa shape index (κ3) is 4.97. The van der Waals surface area contributed by atoms with Gasteiger partial charge >= 0.3 is 12.0 Å². The minimum Gasteiger partial charge on any atom is -0.507 e. The molecule has 26 heavy (non-hydrogen) atoms. The predicted molar refractivity (Wildman–Crippen MR) is 94.9 cm³/mol. The summed E-state index contributed by atoms with van der Waals surface area (Å²) in [4.78, 5) is 36.4. The summed E-state index contributed by atoms with van der Waals surface area (Å²) in [7, 11) is 0. The van der Waals surface area contributed by atoms with Crippen molar-refractivity contribution < 1.29 is 24.2 Å². The number of benzene rings is 2. The average molecular weight is 377 g/mol. The first-order valence-electron chi connectivity index (χ1n) is 7.75. The van der Waals surface area contributed by atoms with Crippen molar-refractivity contribution in [3.8, 4) is 5.75 Å². The summed E-state index contributed by atoms with van der Waals surface area (Å²) in [5.74, 6) is -2.12. The summed E-state index contributed by atoms with van der Waals surface area (Å²) in [5, 5.41) is 14.6. The highest BCUT2D eigenvalue weighted by atomic mass is 35.5. The number of phenolic OH excluding ortho intramolecular Hbond substituents is 1. The van der Waals surface area contributed by atoms with Gasteiger partial charge in [-0.2, -0.15) is 0 Å². The van der Waals surface area contributed by atoms with Crippen LogP contribution in [0.25, 0.3) is 0 Å². The molecular formula is C18H17ClN2O5. The van der Waals surface area contributed by atoms with Crippen molar-refractivity contribution in [3.05, 3.63) is 64.7 Å². The fourth-order valence-electron chi connectivity index (χ4n) is 2.13. The zero-order chi connectivity index (χ0) is 19.1. The van der Waals surface area contributed by atoms with Gasteiger partial charge in [0.05, 0.1) is 0 Å². The zero-order valence-corrected chi connectivity index (χ0v) is 14.6. The summed E-state index contributed by atoms with van der Waals surface area (Å²) in [6, 6.07) is 11.4. The van der Waals surface area contributed by atoms with Gasteiger partial charge in [0.15, 0.2) is 0 Å². The van der Waals surface area contributed by atoms with Crippen molar-refractivity contribution in [3.63, 3.8) is 0 Å². The first-order valence-corrected chi connectivity index (χ1v) is 8.13. The summed E-state index contributed by atoms with van der Waals surface area (Å²) in [5.41, 5.74) is 0.220. The highest BCUT2D eigenvalue weighted by Crippen LogP contribution is 2.25. The number of aromatic hydroxyl groups is 1. The van der Waals surface area contributed by atoms with Crippen LogP contribution in [0.4, 0.5) is 4.79 Å². The molecule has 0 spiro atoms. The summed E-state index contributed by atoms with van der Waals surface area (Å²) in [6.45, 7) is 2.02. The van der Waals surface area contributed by atoms with E-state index in [1.807, 2.05) is 0 Å². The third-order valence-corrected chi connectivity index (χ3v) is 3.55. The Balaban J connectivity index is 2.25. The number of amides is 3. The second-order valence-electron chi connectivity index (χ2n) is 5.21. The lowest BCUT2D eigenvalue weighted by Crippen LogP contribution is -2.42. The van der Waals surface area contributed by atoms with Crippen LogP contribution in [0.1, 0.15) is 28.9 Å². The quantitative estimate of drug-likeness (QED) is 0.696. The molecule has 2 aromatic rings. The van der Waals surface area contributed by atoms with Crippen LogP contribution in [-0.2, 0) is 9.53 Å². The molecule has 0 fully saturated rings. The Morgan fingerprint density at radius 3 is 2.46 bits per heavy atom. The van der Waals surface area contributed by atoms with Crippen molar-refractivity contribution >= 4 is 29.5 Å². The molecule has 0 aliphatic heterocycles. The van der Waals surface area contributed by atoms with Crippen LogP contribution in [0, 0.1) is 0 Å². The van der Waals surface area contributed by atoms with Crippen LogP contribution in [0.3, 0.4) is 0 Å². The normalized spacial score (nSPS) is 11.3. The fraction of sp³-hybridized carbons (Fsp3) is 0.167. The van der Waals surface area contributed by atoms with Crippen molar-refractivity contribution in [2.75, 3.05) is 6.54 Å². The first kappa shape index (κ1) is 19.3. The number of carbonyl (C=O) groups is 3. The van der Waals surface area contributed by atoms with Gasteiger partial charge in [0.25, 0.3) is 5.91 Å². The maximum Gasteiger partial charge on any atom is 0.343 e. The van der Waals surface area contributed by atoms with Gasteiger partial charge in [-0.3, -0.25) is 10.1 Å². The largest absolute Gasteiger partial charge is 0.507 e. The number of urea groups is 1. The van der Waals surface area contributed by atoms with Crippen LogP contribution in [-0.4, -0.2) is 29.6 Å². The molecule has 2 aromatic carbocycles. The Kier molecular flexibility index (Phi) is 6.57. The van der Waals surface area contributed by atoms with E-state index in [-0.39, 0.29) is 16.3 Å². The van der Waals surface area contributed by atoms with E-state index in [2.05, 4.69) is 10.6 Å². The molecule has 0 aromatic heterocycles. The zero-order valence-electron chi connectivity index (χ0n) is 13.9. The second-order valence-corrected chi connectivity index (χ2v) is 5.64. The lowest BCUT2D eigenvalue weighted by molar-refractivity contribution is -0.129. The third-order valence-electron chi connectivity index (χ3n) is 3.32. The summed E-state index contributed by atoms with van der Waals surface area (Å²) < 4.78 is 5.25. The van der Waals surface area contributed by atoms with E-state index in [4.69, 9.17) is 16.3 Å². The van der Waals surface area contributed by atoms with Gasteiger partial charge in [0.1, 0.15) is 11.3 Å². The molecule has 0 aliphatic carbocycles. The summed E-state index contributed by atoms with van der Waals surface area (Å²) >= 11 is 5.74. The molecule has 0 unspecified atom stereocenters.